The molecule has 0 aliphatic carbocycles. The van der Waals surface area contributed by atoms with Gasteiger partial charge in [0.15, 0.2) is 0 Å². The van der Waals surface area contributed by atoms with Crippen molar-refractivity contribution >= 4 is 31.9 Å². The molecule has 0 aromatic heterocycles. The summed E-state index contributed by atoms with van der Waals surface area (Å²) in [5.41, 5.74) is 0. The molecule has 0 atom stereocenters. The topological polar surface area (TPSA) is 0 Å². The van der Waals surface area contributed by atoms with E-state index in [9.17, 15) is 0 Å². The van der Waals surface area contributed by atoms with Gasteiger partial charge in [0, 0.05) is 0 Å². The van der Waals surface area contributed by atoms with Crippen molar-refractivity contribution in [1.82, 2.24) is 0 Å². The van der Waals surface area contributed by atoms with E-state index in [2.05, 4.69) is 44.0 Å². The molecule has 0 aliphatic rings. The first-order chi connectivity index (χ1) is 3.79. The summed E-state index contributed by atoms with van der Waals surface area (Å²) in [6.07, 6.45) is 0. The Morgan fingerprint density at radius 1 is 1.00 bits per heavy atom. The van der Waals surface area contributed by atoms with Gasteiger partial charge in [-0.05, 0) is 44.0 Å². The highest BCUT2D eigenvalue weighted by atomic mass is 79.9. The molecular weight excluding hydrogens is 232 g/mol. The van der Waals surface area contributed by atoms with Crippen LogP contribution >= 0.6 is 31.9 Å². The molecule has 0 bridgehead atoms. The fraction of sp³-hybridized carbons (Fsp3) is 0. The molecular formula is C6H2Br2. The van der Waals surface area contributed by atoms with E-state index in [1.807, 2.05) is 12.1 Å². The molecule has 0 radical (unpaired) electrons. The molecule has 0 spiro atoms. The van der Waals surface area contributed by atoms with Crippen LogP contribution in [0.3, 0.4) is 0 Å². The monoisotopic (exact) mass is 232 g/mol. The summed E-state index contributed by atoms with van der Waals surface area (Å²) in [5.74, 6) is 0. The molecule has 0 saturated heterocycles. The maximum Gasteiger partial charge on any atom is 0.0678 e. The summed E-state index contributed by atoms with van der Waals surface area (Å²) in [7, 11) is 0. The average Bonchev–Trinajstić information content (AvgIpc) is 1.77. The average molecular weight is 234 g/mol. The zero-order chi connectivity index (χ0) is 5.98. The van der Waals surface area contributed by atoms with E-state index < -0.39 is 0 Å². The van der Waals surface area contributed by atoms with Crippen LogP contribution in [0.5, 0.6) is 0 Å². The third-order valence-electron chi connectivity index (χ3n) is 0.677. The Morgan fingerprint density at radius 3 is 1.62 bits per heavy atom. The van der Waals surface area contributed by atoms with Gasteiger partial charge in [-0.2, -0.15) is 0 Å². The van der Waals surface area contributed by atoms with Gasteiger partial charge < -0.3 is 0 Å². The largest absolute Gasteiger partial charge is 0.0678 e. The van der Waals surface area contributed by atoms with E-state index in [0.29, 0.717) is 0 Å². The molecule has 0 unspecified atom stereocenters. The predicted octanol–water partition coefficient (Wildman–Crippen LogP) is 2.81. The number of hydrogen-bond donors (Lipinski definition) is 0. The molecule has 8 heavy (non-hydrogen) atoms. The van der Waals surface area contributed by atoms with Gasteiger partial charge in [0.25, 0.3) is 0 Å². The van der Waals surface area contributed by atoms with Crippen LogP contribution in [0.15, 0.2) is 21.1 Å². The third-order valence-corrected chi connectivity index (χ3v) is 1.60. The maximum atomic E-state index is 3.24. The lowest BCUT2D eigenvalue weighted by molar-refractivity contribution is 1.64. The van der Waals surface area contributed by atoms with Crippen LogP contribution in [0.1, 0.15) is 0 Å². The van der Waals surface area contributed by atoms with E-state index in [1.165, 1.54) is 0 Å². The van der Waals surface area contributed by atoms with Crippen LogP contribution in [0.4, 0.5) is 0 Å². The molecule has 40 valence electrons. The standard InChI is InChI=1S/C6H2Br2/c7-5-1-2-6(8)4-3-5/h1-2H. The molecule has 0 amide bonds. The van der Waals surface area contributed by atoms with Gasteiger partial charge in [0.05, 0.1) is 8.95 Å². The first kappa shape index (κ1) is 6.12. The summed E-state index contributed by atoms with van der Waals surface area (Å²) in [5, 5.41) is 0. The molecule has 0 heterocycles. The molecule has 0 saturated carbocycles. The Morgan fingerprint density at radius 2 is 1.38 bits per heavy atom. The van der Waals surface area contributed by atoms with Crippen molar-refractivity contribution in [1.29, 1.82) is 0 Å². The lowest BCUT2D eigenvalue weighted by Gasteiger charge is -1.79. The minimum Gasteiger partial charge on any atom is -0.0535 e. The van der Waals surface area contributed by atoms with Gasteiger partial charge in [-0.15, -0.1) is 0 Å². The summed E-state index contributed by atoms with van der Waals surface area (Å²) >= 11 is 6.48. The highest BCUT2D eigenvalue weighted by Crippen LogP contribution is 2.08. The second-order valence-electron chi connectivity index (χ2n) is 1.28. The van der Waals surface area contributed by atoms with Crippen molar-refractivity contribution in [3.63, 3.8) is 0 Å². The van der Waals surface area contributed by atoms with E-state index in [4.69, 9.17) is 0 Å². The first-order valence-electron chi connectivity index (χ1n) is 2.04. The van der Waals surface area contributed by atoms with E-state index >= 15 is 0 Å². The minimum absolute atomic E-state index is 0.931. The van der Waals surface area contributed by atoms with Crippen LogP contribution in [0.25, 0.3) is 0 Å². The van der Waals surface area contributed by atoms with Crippen LogP contribution < -0.4 is 0 Å². The van der Waals surface area contributed by atoms with E-state index in [1.54, 1.807) is 0 Å². The molecule has 0 nitrogen and oxygen atoms in total. The molecule has 2 heteroatoms. The second-order valence-corrected chi connectivity index (χ2v) is 2.99. The second kappa shape index (κ2) is 2.52. The zero-order valence-electron chi connectivity index (χ0n) is 3.91. The van der Waals surface area contributed by atoms with Gasteiger partial charge >= 0.3 is 0 Å². The van der Waals surface area contributed by atoms with Gasteiger partial charge in [-0.25, -0.2) is 0 Å². The summed E-state index contributed by atoms with van der Waals surface area (Å²) in [6.45, 7) is 0. The number of rotatable bonds is 0. The van der Waals surface area contributed by atoms with E-state index in [-0.39, 0.29) is 0 Å². The molecule has 1 rings (SSSR count). The lowest BCUT2D eigenvalue weighted by Crippen LogP contribution is -1.57. The Balaban J connectivity index is 3.03. The first-order valence-corrected chi connectivity index (χ1v) is 3.62. The number of hydrogen-bond acceptors (Lipinski definition) is 0. The fourth-order valence-electron chi connectivity index (χ4n) is 0.349. The normalized spacial score (nSPS) is 8.25. The van der Waals surface area contributed by atoms with Crippen molar-refractivity contribution in [3.8, 4) is 0 Å². The molecule has 0 N–H and O–H groups in total. The fourth-order valence-corrected chi connectivity index (χ4v) is 0.812. The summed E-state index contributed by atoms with van der Waals surface area (Å²) in [6, 6.07) is 9.50. The quantitative estimate of drug-likeness (QED) is 0.647. The van der Waals surface area contributed by atoms with Gasteiger partial charge in [-0.1, -0.05) is 12.1 Å². The minimum atomic E-state index is 0.931. The summed E-state index contributed by atoms with van der Waals surface area (Å²) in [4.78, 5) is 0. The Kier molecular flexibility index (Phi) is 1.93. The lowest BCUT2D eigenvalue weighted by atomic mass is 10.4. The van der Waals surface area contributed by atoms with Crippen LogP contribution in [0, 0.1) is 12.1 Å². The van der Waals surface area contributed by atoms with Gasteiger partial charge in [0.2, 0.25) is 0 Å². The van der Waals surface area contributed by atoms with Crippen LogP contribution in [0.2, 0.25) is 0 Å². The van der Waals surface area contributed by atoms with Crippen LogP contribution in [-0.4, -0.2) is 0 Å². The molecule has 0 aliphatic heterocycles. The van der Waals surface area contributed by atoms with Crippen molar-refractivity contribution < 1.29 is 0 Å². The maximum absolute atomic E-state index is 3.24. The van der Waals surface area contributed by atoms with E-state index in [0.717, 1.165) is 8.95 Å². The Bertz CT molecular complexity index is 145. The number of halogens is 2. The zero-order valence-corrected chi connectivity index (χ0v) is 7.08. The van der Waals surface area contributed by atoms with Crippen molar-refractivity contribution in [2.24, 2.45) is 0 Å². The molecule has 1 aromatic carbocycles. The molecule has 0 fully saturated rings. The third kappa shape index (κ3) is 1.50. The Hall–Kier alpha value is -0.0000000000000000555. The van der Waals surface area contributed by atoms with Crippen molar-refractivity contribution in [2.75, 3.05) is 0 Å². The van der Waals surface area contributed by atoms with Crippen molar-refractivity contribution in [2.45, 2.75) is 0 Å². The van der Waals surface area contributed by atoms with Gasteiger partial charge in [0.1, 0.15) is 0 Å². The SMILES string of the molecule is Brc1c#cc(Br)cc1. The Labute approximate surface area is 65.2 Å². The van der Waals surface area contributed by atoms with Crippen LogP contribution in [-0.2, 0) is 0 Å². The molecule has 1 aromatic rings. The van der Waals surface area contributed by atoms with Crippen molar-refractivity contribution in [3.05, 3.63) is 33.2 Å². The summed E-state index contributed by atoms with van der Waals surface area (Å²) < 4.78 is 1.86. The predicted molar refractivity (Wildman–Crippen MR) is 39.5 cm³/mol. The smallest absolute Gasteiger partial charge is 0.0535 e. The van der Waals surface area contributed by atoms with Gasteiger partial charge in [-0.3, -0.25) is 0 Å². The highest BCUT2D eigenvalue weighted by molar-refractivity contribution is 9.11. The highest BCUT2D eigenvalue weighted by Gasteiger charge is 1.80.